The van der Waals surface area contributed by atoms with Crippen molar-refractivity contribution in [2.24, 2.45) is 0 Å². The maximum absolute atomic E-state index is 2.56. The van der Waals surface area contributed by atoms with Gasteiger partial charge >= 0.3 is 0 Å². The molecule has 1 rings (SSSR count). The molecule has 33 heavy (non-hydrogen) atoms. The lowest BCUT2D eigenvalue weighted by Crippen LogP contribution is -2.37. The zero-order valence-electron chi connectivity index (χ0n) is 23.2. The van der Waals surface area contributed by atoms with E-state index in [-0.39, 0.29) is 0 Å². The topological polar surface area (TPSA) is 8.81 Å². The maximum atomic E-state index is 2.56. The SMILES string of the molecule is CCCCCCCCCCCCCCCCc1n(CC)cc[n+]1CCCCCCCCCC. The molecule has 194 valence electrons. The van der Waals surface area contributed by atoms with Crippen molar-refractivity contribution < 1.29 is 4.57 Å². The molecule has 0 fully saturated rings. The highest BCUT2D eigenvalue weighted by Crippen LogP contribution is 2.14. The Morgan fingerprint density at radius 3 is 1.33 bits per heavy atom. The molecule has 0 atom stereocenters. The molecule has 0 amide bonds. The summed E-state index contributed by atoms with van der Waals surface area (Å²) in [6, 6.07) is 0. The Hall–Kier alpha value is -0.790. The molecule has 0 bridgehead atoms. The van der Waals surface area contributed by atoms with E-state index >= 15 is 0 Å². The molecule has 2 nitrogen and oxygen atoms in total. The van der Waals surface area contributed by atoms with E-state index < -0.39 is 0 Å². The van der Waals surface area contributed by atoms with Gasteiger partial charge in [0.05, 0.1) is 13.1 Å². The van der Waals surface area contributed by atoms with Gasteiger partial charge in [0.1, 0.15) is 12.4 Å². The van der Waals surface area contributed by atoms with Gasteiger partial charge in [0.2, 0.25) is 0 Å². The number of unbranched alkanes of at least 4 members (excludes halogenated alkanes) is 20. The quantitative estimate of drug-likeness (QED) is 0.101. The van der Waals surface area contributed by atoms with Crippen LogP contribution in [0, 0.1) is 0 Å². The summed E-state index contributed by atoms with van der Waals surface area (Å²) in [5.41, 5.74) is 0. The van der Waals surface area contributed by atoms with Crippen molar-refractivity contribution in [3.05, 3.63) is 18.2 Å². The fourth-order valence-corrected chi connectivity index (χ4v) is 5.17. The van der Waals surface area contributed by atoms with Crippen LogP contribution in [0.15, 0.2) is 12.4 Å². The van der Waals surface area contributed by atoms with E-state index in [1.165, 1.54) is 154 Å². The summed E-state index contributed by atoms with van der Waals surface area (Å²) in [6.07, 6.45) is 37.3. The summed E-state index contributed by atoms with van der Waals surface area (Å²) in [4.78, 5) is 0. The van der Waals surface area contributed by atoms with Crippen LogP contribution in [0.25, 0.3) is 0 Å². The highest BCUT2D eigenvalue weighted by Gasteiger charge is 2.15. The van der Waals surface area contributed by atoms with Crippen LogP contribution in [0.4, 0.5) is 0 Å². The van der Waals surface area contributed by atoms with Gasteiger partial charge in [0.15, 0.2) is 0 Å². The standard InChI is InChI=1S/C31H61N2/c1-4-7-9-11-13-15-16-17-18-19-20-21-23-25-27-31-32(6-3)29-30-33(31)28-26-24-22-14-12-10-8-5-2/h29-30H,4-28H2,1-3H3/q+1. The Morgan fingerprint density at radius 2 is 0.909 bits per heavy atom. The highest BCUT2D eigenvalue weighted by atomic mass is 15.1. The van der Waals surface area contributed by atoms with Crippen LogP contribution in [0.1, 0.15) is 168 Å². The molecule has 2 heteroatoms. The number of imidazole rings is 1. The van der Waals surface area contributed by atoms with Crippen molar-refractivity contribution in [2.45, 2.75) is 182 Å². The van der Waals surface area contributed by atoms with E-state index in [1.54, 1.807) is 5.82 Å². The van der Waals surface area contributed by atoms with E-state index in [1.807, 2.05) is 0 Å². The zero-order valence-corrected chi connectivity index (χ0v) is 23.2. The minimum atomic E-state index is 1.11. The van der Waals surface area contributed by atoms with E-state index in [4.69, 9.17) is 0 Å². The number of nitrogens with zero attached hydrogens (tertiary/aromatic N) is 2. The third-order valence-corrected chi connectivity index (χ3v) is 7.44. The Labute approximate surface area is 208 Å². The molecule has 1 aromatic rings. The number of hydrogen-bond donors (Lipinski definition) is 0. The van der Waals surface area contributed by atoms with E-state index in [0.29, 0.717) is 0 Å². The molecule has 1 heterocycles. The first-order valence-corrected chi connectivity index (χ1v) is 15.4. The van der Waals surface area contributed by atoms with Gasteiger partial charge in [-0.2, -0.15) is 0 Å². The minimum Gasteiger partial charge on any atom is -0.235 e. The van der Waals surface area contributed by atoms with Crippen molar-refractivity contribution in [3.8, 4) is 0 Å². The monoisotopic (exact) mass is 461 g/mol. The van der Waals surface area contributed by atoms with Gasteiger partial charge in [-0.3, -0.25) is 0 Å². The van der Waals surface area contributed by atoms with Crippen LogP contribution in [0.2, 0.25) is 0 Å². The average molecular weight is 462 g/mol. The van der Waals surface area contributed by atoms with Gasteiger partial charge in [-0.1, -0.05) is 136 Å². The van der Waals surface area contributed by atoms with Gasteiger partial charge in [0.25, 0.3) is 5.82 Å². The molecule has 0 aliphatic carbocycles. The van der Waals surface area contributed by atoms with Crippen LogP contribution in [-0.4, -0.2) is 4.57 Å². The van der Waals surface area contributed by atoms with Crippen molar-refractivity contribution in [1.29, 1.82) is 0 Å². The zero-order chi connectivity index (χ0) is 23.8. The van der Waals surface area contributed by atoms with E-state index in [2.05, 4.69) is 42.3 Å². The molecule has 1 aromatic heterocycles. The average Bonchev–Trinajstić information content (AvgIpc) is 3.22. The molecule has 0 aromatic carbocycles. The number of aromatic nitrogens is 2. The number of rotatable bonds is 25. The first-order valence-electron chi connectivity index (χ1n) is 15.4. The Bertz CT molecular complexity index is 519. The largest absolute Gasteiger partial charge is 0.256 e. The lowest BCUT2D eigenvalue weighted by molar-refractivity contribution is -0.704. The Kier molecular flexibility index (Phi) is 21.1. The Balaban J connectivity index is 2.04. The normalized spacial score (nSPS) is 11.5. The van der Waals surface area contributed by atoms with Gasteiger partial charge in [0, 0.05) is 6.42 Å². The molecular weight excluding hydrogens is 400 g/mol. The third-order valence-electron chi connectivity index (χ3n) is 7.44. The molecule has 0 saturated heterocycles. The molecular formula is C31H61N2+. The Morgan fingerprint density at radius 1 is 0.515 bits per heavy atom. The van der Waals surface area contributed by atoms with Crippen LogP contribution in [0.3, 0.4) is 0 Å². The number of aryl methyl sites for hydroxylation is 2. The van der Waals surface area contributed by atoms with E-state index in [0.717, 1.165) is 6.54 Å². The molecule has 0 aliphatic heterocycles. The molecule has 0 spiro atoms. The van der Waals surface area contributed by atoms with Gasteiger partial charge in [-0.05, 0) is 26.2 Å². The van der Waals surface area contributed by atoms with E-state index in [9.17, 15) is 0 Å². The summed E-state index contributed by atoms with van der Waals surface area (Å²) in [5.74, 6) is 1.57. The van der Waals surface area contributed by atoms with Crippen LogP contribution < -0.4 is 4.57 Å². The van der Waals surface area contributed by atoms with Crippen LogP contribution >= 0.6 is 0 Å². The second-order valence-electron chi connectivity index (χ2n) is 10.5. The molecule has 0 aliphatic rings. The molecule has 0 saturated carbocycles. The second kappa shape index (κ2) is 23.0. The summed E-state index contributed by atoms with van der Waals surface area (Å²) in [5, 5.41) is 0. The smallest absolute Gasteiger partial charge is 0.235 e. The summed E-state index contributed by atoms with van der Waals surface area (Å²) < 4.78 is 5.04. The highest BCUT2D eigenvalue weighted by molar-refractivity contribution is 4.83. The first-order chi connectivity index (χ1) is 16.3. The lowest BCUT2D eigenvalue weighted by Gasteiger charge is -2.06. The molecule has 0 unspecified atom stereocenters. The second-order valence-corrected chi connectivity index (χ2v) is 10.5. The molecule has 0 radical (unpaired) electrons. The van der Waals surface area contributed by atoms with Crippen LogP contribution in [-0.2, 0) is 19.5 Å². The third kappa shape index (κ3) is 16.5. The summed E-state index contributed by atoms with van der Waals surface area (Å²) in [7, 11) is 0. The first kappa shape index (κ1) is 30.2. The summed E-state index contributed by atoms with van der Waals surface area (Å²) >= 11 is 0. The van der Waals surface area contributed by atoms with Crippen molar-refractivity contribution in [1.82, 2.24) is 4.57 Å². The van der Waals surface area contributed by atoms with Gasteiger partial charge < -0.3 is 0 Å². The number of hydrogen-bond acceptors (Lipinski definition) is 0. The van der Waals surface area contributed by atoms with Crippen molar-refractivity contribution in [3.63, 3.8) is 0 Å². The fraction of sp³-hybridized carbons (Fsp3) is 0.903. The van der Waals surface area contributed by atoms with Crippen LogP contribution in [0.5, 0.6) is 0 Å². The van der Waals surface area contributed by atoms with Crippen molar-refractivity contribution in [2.75, 3.05) is 0 Å². The predicted molar refractivity (Wildman–Crippen MR) is 147 cm³/mol. The summed E-state index contributed by atoms with van der Waals surface area (Å²) in [6.45, 7) is 9.22. The van der Waals surface area contributed by atoms with Crippen molar-refractivity contribution >= 4 is 0 Å². The lowest BCUT2D eigenvalue weighted by atomic mass is 10.0. The fourth-order valence-electron chi connectivity index (χ4n) is 5.17. The predicted octanol–water partition coefficient (Wildman–Crippen LogP) is 9.96. The maximum Gasteiger partial charge on any atom is 0.256 e. The van der Waals surface area contributed by atoms with Gasteiger partial charge in [-0.15, -0.1) is 0 Å². The molecule has 0 N–H and O–H groups in total. The van der Waals surface area contributed by atoms with Gasteiger partial charge in [-0.25, -0.2) is 9.13 Å². The minimum absolute atomic E-state index is 1.11.